The van der Waals surface area contributed by atoms with Gasteiger partial charge in [0.2, 0.25) is 5.91 Å². The summed E-state index contributed by atoms with van der Waals surface area (Å²) < 4.78 is 6.75. The number of terminal acetylenes is 1. The predicted molar refractivity (Wildman–Crippen MR) is 96.8 cm³/mol. The maximum absolute atomic E-state index is 12.5. The summed E-state index contributed by atoms with van der Waals surface area (Å²) in [5.74, 6) is 1.96. The molecule has 0 spiro atoms. The van der Waals surface area contributed by atoms with E-state index in [0.717, 1.165) is 24.3 Å². The highest BCUT2D eigenvalue weighted by atomic mass is 16.5. The highest BCUT2D eigenvalue weighted by Crippen LogP contribution is 2.38. The van der Waals surface area contributed by atoms with Crippen molar-refractivity contribution in [3.8, 4) is 23.8 Å². The minimum Gasteiger partial charge on any atom is -0.497 e. The second-order valence-corrected chi connectivity index (χ2v) is 6.20. The van der Waals surface area contributed by atoms with Gasteiger partial charge in [-0.05, 0) is 43.0 Å². The maximum atomic E-state index is 12.5. The molecule has 2 aromatic rings. The first-order valence-electron chi connectivity index (χ1n) is 8.32. The third-order valence-corrected chi connectivity index (χ3v) is 4.79. The topological polar surface area (TPSA) is 90.4 Å². The van der Waals surface area contributed by atoms with Crippen LogP contribution < -0.4 is 15.4 Å². The molecule has 134 valence electrons. The van der Waals surface area contributed by atoms with E-state index in [0.29, 0.717) is 18.7 Å². The molecular formula is C19H20N4O3. The van der Waals surface area contributed by atoms with Crippen molar-refractivity contribution in [1.29, 1.82) is 0 Å². The molecule has 1 heterocycles. The minimum atomic E-state index is -1.12. The summed E-state index contributed by atoms with van der Waals surface area (Å²) >= 11 is 0. The molecule has 2 N–H and O–H groups in total. The molecule has 1 aliphatic rings. The van der Waals surface area contributed by atoms with Crippen LogP contribution in [0.4, 0.5) is 5.82 Å². The molecule has 7 nitrogen and oxygen atoms in total. The van der Waals surface area contributed by atoms with Crippen LogP contribution in [-0.4, -0.2) is 34.2 Å². The number of benzene rings is 1. The fourth-order valence-corrected chi connectivity index (χ4v) is 3.43. The van der Waals surface area contributed by atoms with Gasteiger partial charge in [0.25, 0.3) is 0 Å². The average molecular weight is 352 g/mol. The minimum absolute atomic E-state index is 0.310. The number of hydrogen-bond donors (Lipinski definition) is 1. The van der Waals surface area contributed by atoms with Gasteiger partial charge in [-0.2, -0.15) is 0 Å². The third-order valence-electron chi connectivity index (χ3n) is 4.79. The van der Waals surface area contributed by atoms with Crippen molar-refractivity contribution in [1.82, 2.24) is 9.78 Å². The molecule has 1 aromatic heterocycles. The number of carbonyl (C=O) groups excluding carboxylic acids is 2. The van der Waals surface area contributed by atoms with E-state index >= 15 is 0 Å². The van der Waals surface area contributed by atoms with E-state index in [1.807, 2.05) is 24.3 Å². The Morgan fingerprint density at radius 1 is 1.27 bits per heavy atom. The van der Waals surface area contributed by atoms with Gasteiger partial charge in [0.05, 0.1) is 12.8 Å². The van der Waals surface area contributed by atoms with Crippen LogP contribution in [0, 0.1) is 12.3 Å². The van der Waals surface area contributed by atoms with Gasteiger partial charge in [0.15, 0.2) is 5.82 Å². The Morgan fingerprint density at radius 3 is 2.46 bits per heavy atom. The van der Waals surface area contributed by atoms with E-state index in [9.17, 15) is 9.59 Å². The molecule has 1 aromatic carbocycles. The molecule has 0 aliphatic heterocycles. The van der Waals surface area contributed by atoms with Crippen LogP contribution in [-0.2, 0) is 9.59 Å². The normalized spacial score (nSPS) is 15.2. The Hall–Kier alpha value is -3.27. The molecule has 1 fully saturated rings. The Bertz CT molecular complexity index is 858. The molecule has 0 radical (unpaired) electrons. The number of aromatic nitrogens is 2. The number of anilines is 1. The molecule has 3 rings (SSSR count). The zero-order chi connectivity index (χ0) is 18.7. The highest BCUT2D eigenvalue weighted by molar-refractivity contribution is 6.10. The Kier molecular flexibility index (Phi) is 4.67. The predicted octanol–water partition coefficient (Wildman–Crippen LogP) is 1.65. The van der Waals surface area contributed by atoms with Crippen molar-refractivity contribution < 1.29 is 14.3 Å². The van der Waals surface area contributed by atoms with Gasteiger partial charge in [-0.25, -0.2) is 4.68 Å². The summed E-state index contributed by atoms with van der Waals surface area (Å²) in [4.78, 5) is 26.0. The zero-order valence-corrected chi connectivity index (χ0v) is 14.5. The van der Waals surface area contributed by atoms with E-state index in [1.54, 1.807) is 24.1 Å². The van der Waals surface area contributed by atoms with E-state index < -0.39 is 17.4 Å². The standard InChI is InChI=1S/C19H20N4O3/c1-3-17(24)23(19(18(20)25)11-4-5-12-19)16-10-13-22(21-16)14-6-8-15(26-2)9-7-14/h1,6-10,13H,4-5,11-12H2,2H3,(H2,20,25). The molecule has 1 saturated carbocycles. The molecule has 1 aliphatic carbocycles. The van der Waals surface area contributed by atoms with E-state index in [4.69, 9.17) is 16.9 Å². The smallest absolute Gasteiger partial charge is 0.304 e. The molecule has 0 unspecified atom stereocenters. The summed E-state index contributed by atoms with van der Waals surface area (Å²) in [6.45, 7) is 0. The monoisotopic (exact) mass is 352 g/mol. The highest BCUT2D eigenvalue weighted by Gasteiger charge is 2.48. The van der Waals surface area contributed by atoms with Crippen LogP contribution in [0.25, 0.3) is 5.69 Å². The van der Waals surface area contributed by atoms with Crippen LogP contribution in [0.2, 0.25) is 0 Å². The molecule has 0 saturated heterocycles. The van der Waals surface area contributed by atoms with Gasteiger partial charge in [-0.15, -0.1) is 11.5 Å². The van der Waals surface area contributed by atoms with Crippen molar-refractivity contribution in [2.45, 2.75) is 31.2 Å². The second kappa shape index (κ2) is 6.92. The first-order valence-corrected chi connectivity index (χ1v) is 8.32. The van der Waals surface area contributed by atoms with E-state index in [-0.39, 0.29) is 0 Å². The summed E-state index contributed by atoms with van der Waals surface area (Å²) in [6, 6.07) is 8.94. The molecule has 7 heteroatoms. The molecule has 0 bridgehead atoms. The SMILES string of the molecule is C#CC(=O)N(c1ccn(-c2ccc(OC)cc2)n1)C1(C(N)=O)CCCC1. The summed E-state index contributed by atoms with van der Waals surface area (Å²) in [5.41, 5.74) is 5.32. The molecule has 26 heavy (non-hydrogen) atoms. The first kappa shape index (κ1) is 17.5. The zero-order valence-electron chi connectivity index (χ0n) is 14.5. The largest absolute Gasteiger partial charge is 0.497 e. The lowest BCUT2D eigenvalue weighted by atomic mass is 9.93. The van der Waals surface area contributed by atoms with Gasteiger partial charge >= 0.3 is 5.91 Å². The van der Waals surface area contributed by atoms with Gasteiger partial charge in [-0.1, -0.05) is 12.8 Å². The van der Waals surface area contributed by atoms with E-state index in [1.165, 1.54) is 4.90 Å². The summed E-state index contributed by atoms with van der Waals surface area (Å²) in [7, 11) is 1.59. The van der Waals surface area contributed by atoms with Crippen LogP contribution in [0.1, 0.15) is 25.7 Å². The number of rotatable bonds is 5. The van der Waals surface area contributed by atoms with Crippen molar-refractivity contribution in [2.24, 2.45) is 5.73 Å². The Labute approximate surface area is 151 Å². The van der Waals surface area contributed by atoms with Crippen LogP contribution in [0.15, 0.2) is 36.5 Å². The lowest BCUT2D eigenvalue weighted by molar-refractivity contribution is -0.126. The van der Waals surface area contributed by atoms with Gasteiger partial charge in [0, 0.05) is 12.3 Å². The molecule has 0 atom stereocenters. The van der Waals surface area contributed by atoms with Crippen LogP contribution in [0.3, 0.4) is 0 Å². The number of primary amides is 1. The lowest BCUT2D eigenvalue weighted by Crippen LogP contribution is -2.58. The second-order valence-electron chi connectivity index (χ2n) is 6.20. The van der Waals surface area contributed by atoms with Crippen molar-refractivity contribution in [3.05, 3.63) is 36.5 Å². The van der Waals surface area contributed by atoms with Gasteiger partial charge < -0.3 is 10.5 Å². The summed E-state index contributed by atoms with van der Waals surface area (Å²) in [6.07, 6.45) is 9.61. The fourth-order valence-electron chi connectivity index (χ4n) is 3.43. The van der Waals surface area contributed by atoms with Crippen molar-refractivity contribution in [3.63, 3.8) is 0 Å². The number of nitrogens with zero attached hydrogens (tertiary/aromatic N) is 3. The number of amides is 2. The van der Waals surface area contributed by atoms with Gasteiger partial charge in [-0.3, -0.25) is 14.5 Å². The lowest BCUT2D eigenvalue weighted by Gasteiger charge is -2.35. The number of methoxy groups -OCH3 is 1. The number of nitrogens with two attached hydrogens (primary N) is 1. The van der Waals surface area contributed by atoms with Crippen molar-refractivity contribution in [2.75, 3.05) is 12.0 Å². The average Bonchev–Trinajstić information content (AvgIpc) is 3.33. The van der Waals surface area contributed by atoms with Crippen LogP contribution in [0.5, 0.6) is 5.75 Å². The number of ether oxygens (including phenoxy) is 1. The Balaban J connectivity index is 2.01. The van der Waals surface area contributed by atoms with Gasteiger partial charge in [0.1, 0.15) is 11.3 Å². The Morgan fingerprint density at radius 2 is 1.92 bits per heavy atom. The quantitative estimate of drug-likeness (QED) is 0.829. The van der Waals surface area contributed by atoms with Crippen molar-refractivity contribution >= 4 is 17.6 Å². The fraction of sp³-hybridized carbons (Fsp3) is 0.316. The van der Waals surface area contributed by atoms with Crippen LogP contribution >= 0.6 is 0 Å². The maximum Gasteiger partial charge on any atom is 0.304 e. The molecule has 2 amide bonds. The number of carbonyl (C=O) groups is 2. The molecular weight excluding hydrogens is 332 g/mol. The van der Waals surface area contributed by atoms with E-state index in [2.05, 4.69) is 11.0 Å². The number of hydrogen-bond acceptors (Lipinski definition) is 4. The summed E-state index contributed by atoms with van der Waals surface area (Å²) in [5, 5.41) is 4.45. The first-order chi connectivity index (χ1) is 12.5. The third kappa shape index (κ3) is 2.90.